The third-order valence-corrected chi connectivity index (χ3v) is 2.15. The van der Waals surface area contributed by atoms with Crippen molar-refractivity contribution in [2.24, 2.45) is 0 Å². The van der Waals surface area contributed by atoms with Crippen molar-refractivity contribution in [2.45, 2.75) is 6.42 Å². The zero-order valence-corrected chi connectivity index (χ0v) is 9.31. The maximum atomic E-state index is 11.4. The highest BCUT2D eigenvalue weighted by molar-refractivity contribution is 6.63. The fourth-order valence-electron chi connectivity index (χ4n) is 0.978. The Morgan fingerprint density at radius 1 is 1.20 bits per heavy atom. The number of carbonyl (C=O) groups is 2. The maximum Gasteiger partial charge on any atom is 0.251 e. The van der Waals surface area contributed by atoms with Crippen LogP contribution in [0.2, 0.25) is 5.02 Å². The standard InChI is InChI=1S/C10H9Cl2NO2/c11-8-3-1-7(2-4-8)10(15)13-6-5-9(12)14/h1-4H,5-6H2,(H,13,15). The molecule has 0 saturated heterocycles. The fourth-order valence-corrected chi connectivity index (χ4v) is 1.20. The Kier molecular flexibility index (Phi) is 4.59. The van der Waals surface area contributed by atoms with Gasteiger partial charge in [-0.05, 0) is 35.9 Å². The van der Waals surface area contributed by atoms with Crippen LogP contribution in [0.1, 0.15) is 16.8 Å². The smallest absolute Gasteiger partial charge is 0.251 e. The van der Waals surface area contributed by atoms with Crippen LogP contribution in [0, 0.1) is 0 Å². The molecule has 0 atom stereocenters. The highest BCUT2D eigenvalue weighted by atomic mass is 35.5. The lowest BCUT2D eigenvalue weighted by Gasteiger charge is -2.02. The van der Waals surface area contributed by atoms with Crippen molar-refractivity contribution < 1.29 is 9.59 Å². The Labute approximate surface area is 97.4 Å². The molecule has 0 aromatic heterocycles. The van der Waals surface area contributed by atoms with Gasteiger partial charge in [0.1, 0.15) is 0 Å². The van der Waals surface area contributed by atoms with Crippen molar-refractivity contribution >= 4 is 34.4 Å². The summed E-state index contributed by atoms with van der Waals surface area (Å²) < 4.78 is 0. The number of halogens is 2. The second kappa shape index (κ2) is 5.73. The second-order valence-electron chi connectivity index (χ2n) is 2.87. The van der Waals surface area contributed by atoms with E-state index < -0.39 is 5.24 Å². The summed E-state index contributed by atoms with van der Waals surface area (Å²) in [6.45, 7) is 0.240. The molecular formula is C10H9Cl2NO2. The van der Waals surface area contributed by atoms with Crippen molar-refractivity contribution in [3.05, 3.63) is 34.9 Å². The van der Waals surface area contributed by atoms with Crippen molar-refractivity contribution in [2.75, 3.05) is 6.54 Å². The Hall–Kier alpha value is -1.06. The minimum absolute atomic E-state index is 0.126. The van der Waals surface area contributed by atoms with Gasteiger partial charge < -0.3 is 5.32 Å². The van der Waals surface area contributed by atoms with E-state index in [0.29, 0.717) is 10.6 Å². The highest BCUT2D eigenvalue weighted by Gasteiger charge is 2.04. The van der Waals surface area contributed by atoms with E-state index in [1.165, 1.54) is 0 Å². The average molecular weight is 246 g/mol. The van der Waals surface area contributed by atoms with E-state index >= 15 is 0 Å². The molecule has 0 bridgehead atoms. The van der Waals surface area contributed by atoms with Crippen LogP contribution in [0.3, 0.4) is 0 Å². The molecule has 1 rings (SSSR count). The molecule has 3 nitrogen and oxygen atoms in total. The average Bonchev–Trinajstić information content (AvgIpc) is 2.18. The van der Waals surface area contributed by atoms with E-state index in [0.717, 1.165) is 0 Å². The molecule has 0 aliphatic rings. The van der Waals surface area contributed by atoms with E-state index in [1.54, 1.807) is 24.3 Å². The van der Waals surface area contributed by atoms with Gasteiger partial charge >= 0.3 is 0 Å². The van der Waals surface area contributed by atoms with Crippen LogP contribution in [-0.4, -0.2) is 17.7 Å². The van der Waals surface area contributed by atoms with Crippen molar-refractivity contribution in [1.29, 1.82) is 0 Å². The lowest BCUT2D eigenvalue weighted by atomic mass is 10.2. The van der Waals surface area contributed by atoms with Crippen LogP contribution in [-0.2, 0) is 4.79 Å². The number of rotatable bonds is 4. The number of nitrogens with one attached hydrogen (secondary N) is 1. The van der Waals surface area contributed by atoms with Crippen LogP contribution in [0.4, 0.5) is 0 Å². The molecule has 0 unspecified atom stereocenters. The van der Waals surface area contributed by atoms with Gasteiger partial charge in [0, 0.05) is 23.6 Å². The number of carbonyl (C=O) groups excluding carboxylic acids is 2. The predicted molar refractivity (Wildman–Crippen MR) is 59.3 cm³/mol. The van der Waals surface area contributed by atoms with Gasteiger partial charge in [0.15, 0.2) is 0 Å². The van der Waals surface area contributed by atoms with Crippen LogP contribution in [0.25, 0.3) is 0 Å². The Balaban J connectivity index is 2.47. The van der Waals surface area contributed by atoms with Gasteiger partial charge in [-0.2, -0.15) is 0 Å². The first-order valence-electron chi connectivity index (χ1n) is 4.31. The van der Waals surface area contributed by atoms with Crippen molar-refractivity contribution in [1.82, 2.24) is 5.32 Å². The summed E-state index contributed by atoms with van der Waals surface area (Å²) in [4.78, 5) is 21.8. The fraction of sp³-hybridized carbons (Fsp3) is 0.200. The molecule has 0 fully saturated rings. The molecule has 0 aliphatic carbocycles. The first kappa shape index (κ1) is 12.0. The summed E-state index contributed by atoms with van der Waals surface area (Å²) in [5, 5.41) is 2.67. The normalized spacial score (nSPS) is 9.73. The van der Waals surface area contributed by atoms with E-state index in [-0.39, 0.29) is 18.9 Å². The van der Waals surface area contributed by atoms with Gasteiger partial charge in [0.2, 0.25) is 5.24 Å². The highest BCUT2D eigenvalue weighted by Crippen LogP contribution is 2.09. The minimum Gasteiger partial charge on any atom is -0.352 e. The molecule has 1 aromatic carbocycles. The van der Waals surface area contributed by atoms with Crippen LogP contribution >= 0.6 is 23.2 Å². The van der Waals surface area contributed by atoms with E-state index in [2.05, 4.69) is 5.32 Å². The lowest BCUT2D eigenvalue weighted by Crippen LogP contribution is -2.25. The maximum absolute atomic E-state index is 11.4. The van der Waals surface area contributed by atoms with Gasteiger partial charge in [0.05, 0.1) is 0 Å². The van der Waals surface area contributed by atoms with Gasteiger partial charge in [0.25, 0.3) is 5.91 Å². The van der Waals surface area contributed by atoms with Crippen molar-refractivity contribution in [3.8, 4) is 0 Å². The molecular weight excluding hydrogens is 237 g/mol. The predicted octanol–water partition coefficient (Wildman–Crippen LogP) is 2.23. The molecule has 0 radical (unpaired) electrons. The summed E-state index contributed by atoms with van der Waals surface area (Å²) in [6.07, 6.45) is 0.126. The quantitative estimate of drug-likeness (QED) is 0.828. The third-order valence-electron chi connectivity index (χ3n) is 1.71. The Morgan fingerprint density at radius 2 is 1.80 bits per heavy atom. The molecule has 5 heteroatoms. The summed E-state index contributed by atoms with van der Waals surface area (Å²) in [6, 6.07) is 6.48. The number of amides is 1. The molecule has 1 amide bonds. The van der Waals surface area contributed by atoms with E-state index in [9.17, 15) is 9.59 Å². The van der Waals surface area contributed by atoms with Gasteiger partial charge in [-0.3, -0.25) is 9.59 Å². The Bertz CT molecular complexity index is 362. The topological polar surface area (TPSA) is 46.2 Å². The van der Waals surface area contributed by atoms with E-state index in [1.807, 2.05) is 0 Å². The largest absolute Gasteiger partial charge is 0.352 e. The molecule has 0 heterocycles. The molecule has 0 aliphatic heterocycles. The molecule has 15 heavy (non-hydrogen) atoms. The summed E-state index contributed by atoms with van der Waals surface area (Å²) in [5.74, 6) is -0.246. The summed E-state index contributed by atoms with van der Waals surface area (Å²) >= 11 is 10.8. The minimum atomic E-state index is -0.466. The molecule has 1 N–H and O–H groups in total. The van der Waals surface area contributed by atoms with Gasteiger partial charge in [-0.1, -0.05) is 11.6 Å². The summed E-state index contributed by atoms with van der Waals surface area (Å²) in [7, 11) is 0. The van der Waals surface area contributed by atoms with Gasteiger partial charge in [-0.15, -0.1) is 0 Å². The second-order valence-corrected chi connectivity index (χ2v) is 3.73. The number of benzene rings is 1. The monoisotopic (exact) mass is 245 g/mol. The van der Waals surface area contributed by atoms with E-state index in [4.69, 9.17) is 23.2 Å². The third kappa shape index (κ3) is 4.32. The molecule has 0 saturated carbocycles. The molecule has 0 spiro atoms. The van der Waals surface area contributed by atoms with Crippen LogP contribution < -0.4 is 5.32 Å². The molecule has 80 valence electrons. The first-order chi connectivity index (χ1) is 7.09. The Morgan fingerprint density at radius 3 is 2.33 bits per heavy atom. The molecule has 1 aromatic rings. The first-order valence-corrected chi connectivity index (χ1v) is 5.07. The number of hydrogen-bond donors (Lipinski definition) is 1. The summed E-state index contributed by atoms with van der Waals surface area (Å²) in [5.41, 5.74) is 0.501. The SMILES string of the molecule is O=C(Cl)CCNC(=O)c1ccc(Cl)cc1. The van der Waals surface area contributed by atoms with Gasteiger partial charge in [-0.25, -0.2) is 0 Å². The zero-order valence-electron chi connectivity index (χ0n) is 7.80. The number of hydrogen-bond acceptors (Lipinski definition) is 2. The lowest BCUT2D eigenvalue weighted by molar-refractivity contribution is -0.111. The zero-order chi connectivity index (χ0) is 11.3. The van der Waals surface area contributed by atoms with Crippen LogP contribution in [0.15, 0.2) is 24.3 Å². The van der Waals surface area contributed by atoms with Crippen LogP contribution in [0.5, 0.6) is 0 Å². The van der Waals surface area contributed by atoms with Crippen molar-refractivity contribution in [3.63, 3.8) is 0 Å².